The number of hydrogen-bond acceptors (Lipinski definition) is 4. The van der Waals surface area contributed by atoms with Crippen LogP contribution >= 0.6 is 0 Å². The number of anilines is 1. The number of rotatable bonds is 4. The van der Waals surface area contributed by atoms with Crippen LogP contribution < -0.4 is 4.90 Å². The summed E-state index contributed by atoms with van der Waals surface area (Å²) in [4.78, 5) is 26.7. The van der Waals surface area contributed by atoms with Crippen molar-refractivity contribution in [1.82, 2.24) is 0 Å². The van der Waals surface area contributed by atoms with Gasteiger partial charge in [-0.3, -0.25) is 9.59 Å². The Morgan fingerprint density at radius 2 is 2.00 bits per heavy atom. The molecule has 2 aromatic carbocycles. The molecule has 5 heteroatoms. The first kappa shape index (κ1) is 17.0. The van der Waals surface area contributed by atoms with Crippen molar-refractivity contribution < 1.29 is 19.1 Å². The van der Waals surface area contributed by atoms with E-state index in [9.17, 15) is 9.59 Å². The van der Waals surface area contributed by atoms with E-state index >= 15 is 0 Å². The predicted molar refractivity (Wildman–Crippen MR) is 99.0 cm³/mol. The summed E-state index contributed by atoms with van der Waals surface area (Å²) in [7, 11) is 0. The molecule has 0 bridgehead atoms. The van der Waals surface area contributed by atoms with Crippen molar-refractivity contribution in [2.45, 2.75) is 31.8 Å². The minimum Gasteiger partial charge on any atom is -0.463 e. The summed E-state index contributed by atoms with van der Waals surface area (Å²) in [6, 6.07) is 13.9. The molecule has 136 valence electrons. The van der Waals surface area contributed by atoms with Crippen LogP contribution in [-0.4, -0.2) is 37.7 Å². The zero-order valence-electron chi connectivity index (χ0n) is 14.7. The Morgan fingerprint density at radius 3 is 2.85 bits per heavy atom. The van der Waals surface area contributed by atoms with Gasteiger partial charge in [-0.25, -0.2) is 0 Å². The van der Waals surface area contributed by atoms with Gasteiger partial charge in [0.15, 0.2) is 0 Å². The van der Waals surface area contributed by atoms with Gasteiger partial charge in [0.2, 0.25) is 5.91 Å². The molecule has 2 aromatic rings. The number of amides is 1. The average Bonchev–Trinajstić information content (AvgIpc) is 3.08. The Labute approximate surface area is 152 Å². The highest BCUT2D eigenvalue weighted by Crippen LogP contribution is 2.32. The molecule has 2 saturated heterocycles. The van der Waals surface area contributed by atoms with Gasteiger partial charge < -0.3 is 14.4 Å². The van der Waals surface area contributed by atoms with Crippen molar-refractivity contribution in [3.8, 4) is 0 Å². The summed E-state index contributed by atoms with van der Waals surface area (Å²) < 4.78 is 11.0. The van der Waals surface area contributed by atoms with Crippen molar-refractivity contribution in [3.63, 3.8) is 0 Å². The highest BCUT2D eigenvalue weighted by atomic mass is 16.6. The van der Waals surface area contributed by atoms with Crippen LogP contribution in [0.3, 0.4) is 0 Å². The number of ether oxygens (including phenoxy) is 2. The maximum Gasteiger partial charge on any atom is 0.311 e. The zero-order chi connectivity index (χ0) is 17.9. The smallest absolute Gasteiger partial charge is 0.311 e. The number of esters is 1. The molecule has 2 fully saturated rings. The lowest BCUT2D eigenvalue weighted by Crippen LogP contribution is -2.30. The highest BCUT2D eigenvalue weighted by molar-refractivity contribution is 6.06. The van der Waals surface area contributed by atoms with Gasteiger partial charge in [-0.05, 0) is 30.7 Å². The number of carbonyl (C=O) groups excluding carboxylic acids is 2. The van der Waals surface area contributed by atoms with Gasteiger partial charge in [0.05, 0.1) is 17.7 Å². The highest BCUT2D eigenvalue weighted by Gasteiger charge is 2.37. The normalized spacial score (nSPS) is 23.4. The van der Waals surface area contributed by atoms with Crippen LogP contribution in [0.2, 0.25) is 0 Å². The molecule has 2 unspecified atom stereocenters. The molecule has 2 atom stereocenters. The molecule has 4 rings (SSSR count). The lowest BCUT2D eigenvalue weighted by molar-refractivity contribution is -0.153. The van der Waals surface area contributed by atoms with Crippen molar-refractivity contribution in [2.24, 2.45) is 5.92 Å². The second-order valence-corrected chi connectivity index (χ2v) is 7.02. The van der Waals surface area contributed by atoms with E-state index in [0.717, 1.165) is 42.3 Å². The number of fused-ring (bicyclic) bond motifs is 1. The van der Waals surface area contributed by atoms with Crippen LogP contribution in [0.25, 0.3) is 10.8 Å². The van der Waals surface area contributed by atoms with Crippen molar-refractivity contribution in [1.29, 1.82) is 0 Å². The van der Waals surface area contributed by atoms with E-state index in [2.05, 4.69) is 0 Å². The number of hydrogen-bond donors (Lipinski definition) is 0. The van der Waals surface area contributed by atoms with Gasteiger partial charge in [0.1, 0.15) is 6.61 Å². The van der Waals surface area contributed by atoms with Crippen LogP contribution in [0, 0.1) is 5.92 Å². The van der Waals surface area contributed by atoms with E-state index in [-0.39, 0.29) is 31.0 Å². The second kappa shape index (κ2) is 7.46. The molecule has 0 N–H and O–H groups in total. The SMILES string of the molecule is O=C(OCC1CCCCO1)C1CC(=O)N(c2cccc3ccccc23)C1. The average molecular weight is 353 g/mol. The van der Waals surface area contributed by atoms with Crippen molar-refractivity contribution >= 4 is 28.3 Å². The fourth-order valence-corrected chi connectivity index (χ4v) is 3.77. The molecule has 26 heavy (non-hydrogen) atoms. The van der Waals surface area contributed by atoms with Crippen LogP contribution in [0.15, 0.2) is 42.5 Å². The predicted octanol–water partition coefficient (Wildman–Crippen LogP) is 3.31. The molecule has 0 aliphatic carbocycles. The van der Waals surface area contributed by atoms with E-state index in [4.69, 9.17) is 9.47 Å². The zero-order valence-corrected chi connectivity index (χ0v) is 14.7. The molecule has 0 spiro atoms. The Kier molecular flexibility index (Phi) is 4.89. The van der Waals surface area contributed by atoms with E-state index in [0.29, 0.717) is 6.54 Å². The molecular weight excluding hydrogens is 330 g/mol. The summed E-state index contributed by atoms with van der Waals surface area (Å²) in [6.07, 6.45) is 3.31. The van der Waals surface area contributed by atoms with E-state index in [1.807, 2.05) is 42.5 Å². The van der Waals surface area contributed by atoms with Gasteiger partial charge >= 0.3 is 5.97 Å². The van der Waals surface area contributed by atoms with Crippen LogP contribution in [0.4, 0.5) is 5.69 Å². The Bertz CT molecular complexity index is 807. The third-order valence-corrected chi connectivity index (χ3v) is 5.20. The second-order valence-electron chi connectivity index (χ2n) is 7.02. The van der Waals surface area contributed by atoms with Gasteiger partial charge in [0.25, 0.3) is 0 Å². The number of benzene rings is 2. The lowest BCUT2D eigenvalue weighted by Gasteiger charge is -2.23. The molecule has 2 aliphatic heterocycles. The third-order valence-electron chi connectivity index (χ3n) is 5.20. The number of nitrogens with zero attached hydrogens (tertiary/aromatic N) is 1. The maximum absolute atomic E-state index is 12.5. The van der Waals surface area contributed by atoms with Crippen molar-refractivity contribution in [3.05, 3.63) is 42.5 Å². The summed E-state index contributed by atoms with van der Waals surface area (Å²) in [5, 5.41) is 2.10. The van der Waals surface area contributed by atoms with Gasteiger partial charge in [-0.1, -0.05) is 36.4 Å². The topological polar surface area (TPSA) is 55.8 Å². The Morgan fingerprint density at radius 1 is 1.15 bits per heavy atom. The molecule has 5 nitrogen and oxygen atoms in total. The first-order valence-electron chi connectivity index (χ1n) is 9.29. The molecular formula is C21H23NO4. The van der Waals surface area contributed by atoms with Gasteiger partial charge in [0, 0.05) is 25.0 Å². The molecule has 1 amide bonds. The minimum absolute atomic E-state index is 0.000949. The van der Waals surface area contributed by atoms with Crippen molar-refractivity contribution in [2.75, 3.05) is 24.7 Å². The molecule has 2 aliphatic rings. The Balaban J connectivity index is 1.44. The fourth-order valence-electron chi connectivity index (χ4n) is 3.77. The Hall–Kier alpha value is -2.40. The van der Waals surface area contributed by atoms with Gasteiger partial charge in [-0.2, -0.15) is 0 Å². The standard InChI is InChI=1S/C21H23NO4/c23-20-12-16(21(24)26-14-17-8-3-4-11-25-17)13-22(20)19-10-5-7-15-6-1-2-9-18(15)19/h1-2,5-7,9-10,16-17H,3-4,8,11-14H2. The first-order valence-corrected chi connectivity index (χ1v) is 9.29. The summed E-state index contributed by atoms with van der Waals surface area (Å²) in [5.74, 6) is -0.738. The molecule has 0 radical (unpaired) electrons. The largest absolute Gasteiger partial charge is 0.463 e. The summed E-state index contributed by atoms with van der Waals surface area (Å²) >= 11 is 0. The number of carbonyl (C=O) groups is 2. The summed E-state index contributed by atoms with van der Waals surface area (Å²) in [6.45, 7) is 1.40. The summed E-state index contributed by atoms with van der Waals surface area (Å²) in [5.41, 5.74) is 0.860. The van der Waals surface area contributed by atoms with Gasteiger partial charge in [-0.15, -0.1) is 0 Å². The molecule has 2 heterocycles. The molecule has 0 aromatic heterocycles. The van der Waals surface area contributed by atoms with Crippen LogP contribution in [0.1, 0.15) is 25.7 Å². The third kappa shape index (κ3) is 3.44. The first-order chi connectivity index (χ1) is 12.7. The molecule has 0 saturated carbocycles. The monoisotopic (exact) mass is 353 g/mol. The lowest BCUT2D eigenvalue weighted by atomic mass is 10.1. The van der Waals surface area contributed by atoms with E-state index in [1.165, 1.54) is 0 Å². The maximum atomic E-state index is 12.5. The van der Waals surface area contributed by atoms with Crippen LogP contribution in [0.5, 0.6) is 0 Å². The fraction of sp³-hybridized carbons (Fsp3) is 0.429. The van der Waals surface area contributed by atoms with Crippen LogP contribution in [-0.2, 0) is 19.1 Å². The minimum atomic E-state index is -0.412. The van der Waals surface area contributed by atoms with E-state index < -0.39 is 5.92 Å². The quantitative estimate of drug-likeness (QED) is 0.792. The van der Waals surface area contributed by atoms with E-state index in [1.54, 1.807) is 4.90 Å².